The van der Waals surface area contributed by atoms with Crippen LogP contribution in [-0.2, 0) is 14.3 Å². The second-order valence-corrected chi connectivity index (χ2v) is 9.64. The highest BCUT2D eigenvalue weighted by Crippen LogP contribution is 2.43. The highest BCUT2D eigenvalue weighted by Gasteiger charge is 2.46. The summed E-state index contributed by atoms with van der Waals surface area (Å²) in [5.41, 5.74) is 1.69. The molecule has 0 bridgehead atoms. The van der Waals surface area contributed by atoms with E-state index in [1.165, 1.54) is 7.11 Å². The molecule has 1 aromatic rings. The molecule has 1 heterocycles. The maximum absolute atomic E-state index is 13.8. The fourth-order valence-corrected chi connectivity index (χ4v) is 4.96. The number of carbonyl (C=O) groups is 2. The Labute approximate surface area is 213 Å². The number of halogens is 2. The number of allylic oxidation sites excluding steroid dienone is 3. The van der Waals surface area contributed by atoms with Gasteiger partial charge in [-0.25, -0.2) is 0 Å². The molecule has 1 fully saturated rings. The molecule has 0 radical (unpaired) electrons. The number of ether oxygens (including phenoxy) is 1. The van der Waals surface area contributed by atoms with E-state index in [4.69, 9.17) is 27.9 Å². The minimum absolute atomic E-state index is 0.0911. The maximum atomic E-state index is 13.8. The number of rotatable bonds is 10. The van der Waals surface area contributed by atoms with E-state index in [2.05, 4.69) is 6.58 Å². The van der Waals surface area contributed by atoms with Crippen LogP contribution in [0.1, 0.15) is 51.5 Å². The minimum atomic E-state index is -0.428. The SMILES string of the molecule is C=C(/C=C\C(Cl)=C/C)[C@@H]1[C@@H](c2cccc(Cl)c2)C[C@@H](CC(C)C(=O)OC)C(=O)N1C(CC)CO. The fraction of sp³-hybridized carbons (Fsp3) is 0.481. The summed E-state index contributed by atoms with van der Waals surface area (Å²) in [5.74, 6) is -1.41. The summed E-state index contributed by atoms with van der Waals surface area (Å²) < 4.78 is 4.89. The van der Waals surface area contributed by atoms with Crippen molar-refractivity contribution in [2.75, 3.05) is 13.7 Å². The zero-order chi connectivity index (χ0) is 25.4. The highest BCUT2D eigenvalue weighted by molar-refractivity contribution is 6.31. The lowest BCUT2D eigenvalue weighted by Crippen LogP contribution is -2.57. The topological polar surface area (TPSA) is 66.8 Å². The molecule has 7 heteroatoms. The first-order valence-corrected chi connectivity index (χ1v) is 12.4. The average Bonchev–Trinajstić information content (AvgIpc) is 2.84. The van der Waals surface area contributed by atoms with E-state index in [1.54, 1.807) is 24.0 Å². The van der Waals surface area contributed by atoms with E-state index >= 15 is 0 Å². The summed E-state index contributed by atoms with van der Waals surface area (Å²) >= 11 is 12.5. The Morgan fingerprint density at radius 2 is 2.09 bits per heavy atom. The van der Waals surface area contributed by atoms with Gasteiger partial charge in [-0.15, -0.1) is 0 Å². The number of carbonyl (C=O) groups excluding carboxylic acids is 2. The number of methoxy groups -OCH3 is 1. The Kier molecular flexibility index (Phi) is 10.9. The molecular formula is C27H35Cl2NO4. The van der Waals surface area contributed by atoms with Crippen molar-refractivity contribution in [2.45, 2.75) is 58.0 Å². The first-order valence-electron chi connectivity index (χ1n) is 11.6. The summed E-state index contributed by atoms with van der Waals surface area (Å²) in [4.78, 5) is 27.7. The first kappa shape index (κ1) is 28.2. The smallest absolute Gasteiger partial charge is 0.308 e. The summed E-state index contributed by atoms with van der Waals surface area (Å²) in [6.07, 6.45) is 6.82. The molecule has 0 aliphatic carbocycles. The van der Waals surface area contributed by atoms with Gasteiger partial charge < -0.3 is 14.7 Å². The number of hydrogen-bond donors (Lipinski definition) is 1. The van der Waals surface area contributed by atoms with Crippen molar-refractivity contribution in [3.05, 3.63) is 70.3 Å². The molecule has 186 valence electrons. The summed E-state index contributed by atoms with van der Waals surface area (Å²) in [6.45, 7) is 9.67. The van der Waals surface area contributed by atoms with Crippen LogP contribution in [0.2, 0.25) is 5.02 Å². The van der Waals surface area contributed by atoms with Crippen molar-refractivity contribution in [3.8, 4) is 0 Å². The Morgan fingerprint density at radius 1 is 1.38 bits per heavy atom. The van der Waals surface area contributed by atoms with Gasteiger partial charge in [-0.3, -0.25) is 9.59 Å². The van der Waals surface area contributed by atoms with E-state index < -0.39 is 23.9 Å². The Balaban J connectivity index is 2.60. The van der Waals surface area contributed by atoms with Crippen LogP contribution in [0.25, 0.3) is 0 Å². The standard InChI is InChI=1S/C27H35Cl2NO4/c1-6-21(28)12-11-17(3)25-24(19-9-8-10-22(29)14-19)15-20(13-18(4)27(33)34-5)26(32)30(25)23(7-2)16-31/h6,8-12,14,18,20,23-25,31H,3,7,13,15-16H2,1-2,4-5H3/b12-11-,21-6+/t18?,20-,23?,24-,25-/m1/s1. The highest BCUT2D eigenvalue weighted by atomic mass is 35.5. The number of aliphatic hydroxyl groups excluding tert-OH is 1. The van der Waals surface area contributed by atoms with Crippen molar-refractivity contribution in [1.82, 2.24) is 4.90 Å². The molecule has 5 nitrogen and oxygen atoms in total. The van der Waals surface area contributed by atoms with Crippen LogP contribution in [-0.4, -0.2) is 47.7 Å². The number of benzene rings is 1. The Hall–Kier alpha value is -2.08. The Bertz CT molecular complexity index is 938. The van der Waals surface area contributed by atoms with Gasteiger partial charge in [0.2, 0.25) is 5.91 Å². The van der Waals surface area contributed by atoms with Gasteiger partial charge in [0.1, 0.15) is 0 Å². The lowest BCUT2D eigenvalue weighted by molar-refractivity contribution is -0.150. The number of nitrogens with zero attached hydrogens (tertiary/aromatic N) is 1. The van der Waals surface area contributed by atoms with Crippen LogP contribution in [0.5, 0.6) is 0 Å². The van der Waals surface area contributed by atoms with E-state index in [9.17, 15) is 14.7 Å². The van der Waals surface area contributed by atoms with Crippen molar-refractivity contribution in [1.29, 1.82) is 0 Å². The van der Waals surface area contributed by atoms with Gasteiger partial charge in [0.05, 0.1) is 31.7 Å². The molecule has 1 aromatic carbocycles. The molecule has 2 unspecified atom stereocenters. The van der Waals surface area contributed by atoms with Gasteiger partial charge in [-0.1, -0.05) is 67.9 Å². The molecule has 1 aliphatic heterocycles. The molecule has 1 aliphatic rings. The number of hydrogen-bond acceptors (Lipinski definition) is 4. The third kappa shape index (κ3) is 6.74. The molecule has 0 saturated carbocycles. The fourth-order valence-electron chi connectivity index (χ4n) is 4.69. The Morgan fingerprint density at radius 3 is 2.65 bits per heavy atom. The molecule has 2 rings (SSSR count). The number of esters is 1. The number of amides is 1. The number of aliphatic hydroxyl groups is 1. The van der Waals surface area contributed by atoms with E-state index in [0.717, 1.165) is 5.56 Å². The zero-order valence-corrected chi connectivity index (χ0v) is 21.9. The van der Waals surface area contributed by atoms with E-state index in [0.29, 0.717) is 34.9 Å². The molecule has 0 spiro atoms. The third-order valence-corrected chi connectivity index (χ3v) is 7.11. The largest absolute Gasteiger partial charge is 0.469 e. The normalized spacial score (nSPS) is 23.1. The summed E-state index contributed by atoms with van der Waals surface area (Å²) in [6, 6.07) is 6.81. The number of piperidine rings is 1. The molecule has 34 heavy (non-hydrogen) atoms. The van der Waals surface area contributed by atoms with Crippen molar-refractivity contribution >= 4 is 35.1 Å². The molecular weight excluding hydrogens is 473 g/mol. The monoisotopic (exact) mass is 507 g/mol. The van der Waals surface area contributed by atoms with Gasteiger partial charge in [-0.2, -0.15) is 0 Å². The summed E-state index contributed by atoms with van der Waals surface area (Å²) in [7, 11) is 1.35. The van der Waals surface area contributed by atoms with Crippen LogP contribution >= 0.6 is 23.2 Å². The number of likely N-dealkylation sites (tertiary alicyclic amines) is 1. The lowest BCUT2D eigenvalue weighted by atomic mass is 9.73. The predicted octanol–water partition coefficient (Wildman–Crippen LogP) is 5.87. The maximum Gasteiger partial charge on any atom is 0.308 e. The van der Waals surface area contributed by atoms with Gasteiger partial charge in [0.15, 0.2) is 0 Å². The second-order valence-electron chi connectivity index (χ2n) is 8.77. The minimum Gasteiger partial charge on any atom is -0.469 e. The van der Waals surface area contributed by atoms with E-state index in [-0.39, 0.29) is 24.4 Å². The zero-order valence-electron chi connectivity index (χ0n) is 20.3. The van der Waals surface area contributed by atoms with Gasteiger partial charge in [0.25, 0.3) is 0 Å². The molecule has 1 N–H and O–H groups in total. The van der Waals surface area contributed by atoms with Crippen LogP contribution in [0.3, 0.4) is 0 Å². The predicted molar refractivity (Wildman–Crippen MR) is 138 cm³/mol. The average molecular weight is 508 g/mol. The van der Waals surface area contributed by atoms with Crippen molar-refractivity contribution in [2.24, 2.45) is 11.8 Å². The molecule has 0 aromatic heterocycles. The van der Waals surface area contributed by atoms with Crippen LogP contribution in [0.4, 0.5) is 0 Å². The van der Waals surface area contributed by atoms with Crippen LogP contribution < -0.4 is 0 Å². The van der Waals surface area contributed by atoms with Crippen LogP contribution in [0, 0.1) is 11.8 Å². The summed E-state index contributed by atoms with van der Waals surface area (Å²) in [5, 5.41) is 11.3. The lowest BCUT2D eigenvalue weighted by Gasteiger charge is -2.48. The van der Waals surface area contributed by atoms with Gasteiger partial charge in [-0.05, 0) is 55.5 Å². The van der Waals surface area contributed by atoms with E-state index in [1.807, 2.05) is 44.2 Å². The van der Waals surface area contributed by atoms with Crippen molar-refractivity contribution < 1.29 is 19.4 Å². The van der Waals surface area contributed by atoms with Gasteiger partial charge in [0, 0.05) is 21.9 Å². The second kappa shape index (κ2) is 13.1. The van der Waals surface area contributed by atoms with Crippen LogP contribution in [0.15, 0.2) is 59.7 Å². The molecule has 5 atom stereocenters. The first-order chi connectivity index (χ1) is 16.2. The molecule has 1 amide bonds. The molecule has 1 saturated heterocycles. The van der Waals surface area contributed by atoms with Crippen molar-refractivity contribution in [3.63, 3.8) is 0 Å². The van der Waals surface area contributed by atoms with Gasteiger partial charge >= 0.3 is 5.97 Å². The third-order valence-electron chi connectivity index (χ3n) is 6.53. The quantitative estimate of drug-likeness (QED) is 0.317.